The summed E-state index contributed by atoms with van der Waals surface area (Å²) in [5.41, 5.74) is 2.33. The first-order valence-corrected chi connectivity index (χ1v) is 5.60. The molecule has 15 heavy (non-hydrogen) atoms. The Bertz CT molecular complexity index is 292. The molecule has 1 unspecified atom stereocenters. The third kappa shape index (κ3) is 4.54. The summed E-state index contributed by atoms with van der Waals surface area (Å²) in [4.78, 5) is 0. The zero-order valence-electron chi connectivity index (χ0n) is 9.16. The Kier molecular flexibility index (Phi) is 4.92. The van der Waals surface area contributed by atoms with Crippen LogP contribution < -0.4 is 4.74 Å². The van der Waals surface area contributed by atoms with Gasteiger partial charge in [-0.2, -0.15) is 0 Å². The fourth-order valence-corrected chi connectivity index (χ4v) is 1.67. The van der Waals surface area contributed by atoms with Crippen LogP contribution in [0.5, 0.6) is 5.75 Å². The third-order valence-electron chi connectivity index (χ3n) is 2.08. The number of hydrogen-bond acceptors (Lipinski definition) is 2. The van der Waals surface area contributed by atoms with E-state index in [-0.39, 0.29) is 0 Å². The Morgan fingerprint density at radius 1 is 1.27 bits per heavy atom. The molecule has 0 bridgehead atoms. The van der Waals surface area contributed by atoms with Crippen LogP contribution in [-0.4, -0.2) is 23.7 Å². The lowest BCUT2D eigenvalue weighted by Gasteiger charge is -2.12. The molecule has 0 aliphatic carbocycles. The standard InChI is InChI=1S/C12H17ClO2/c1-9-5-10(2)7-12(6-9)15-8-11(14)3-4-13/h5-7,11,14H,3-4,8H2,1-2H3. The second-order valence-corrected chi connectivity index (χ2v) is 4.14. The second kappa shape index (κ2) is 5.99. The van der Waals surface area contributed by atoms with Gasteiger partial charge in [0.1, 0.15) is 12.4 Å². The van der Waals surface area contributed by atoms with Crippen LogP contribution in [0.25, 0.3) is 0 Å². The van der Waals surface area contributed by atoms with Crippen LogP contribution in [0, 0.1) is 13.8 Å². The molecule has 0 aromatic heterocycles. The Hall–Kier alpha value is -0.730. The number of rotatable bonds is 5. The first-order chi connectivity index (χ1) is 7.11. The van der Waals surface area contributed by atoms with Gasteiger partial charge in [0, 0.05) is 5.88 Å². The molecule has 3 heteroatoms. The molecule has 1 rings (SSSR count). The van der Waals surface area contributed by atoms with Gasteiger partial charge in [-0.25, -0.2) is 0 Å². The lowest BCUT2D eigenvalue weighted by molar-refractivity contribution is 0.105. The summed E-state index contributed by atoms with van der Waals surface area (Å²) in [7, 11) is 0. The number of aryl methyl sites for hydroxylation is 2. The maximum absolute atomic E-state index is 9.44. The molecule has 84 valence electrons. The summed E-state index contributed by atoms with van der Waals surface area (Å²) in [6.07, 6.45) is 0.0788. The molecule has 0 spiro atoms. The zero-order chi connectivity index (χ0) is 11.3. The maximum Gasteiger partial charge on any atom is 0.119 e. The summed E-state index contributed by atoms with van der Waals surface area (Å²) in [6.45, 7) is 4.35. The highest BCUT2D eigenvalue weighted by molar-refractivity contribution is 6.17. The highest BCUT2D eigenvalue weighted by atomic mass is 35.5. The molecule has 1 N–H and O–H groups in total. The van der Waals surface area contributed by atoms with Crippen molar-refractivity contribution in [1.29, 1.82) is 0 Å². The van der Waals surface area contributed by atoms with E-state index in [1.807, 2.05) is 26.0 Å². The van der Waals surface area contributed by atoms with Gasteiger partial charge in [-0.1, -0.05) is 6.07 Å². The SMILES string of the molecule is Cc1cc(C)cc(OCC(O)CCCl)c1. The minimum absolute atomic E-state index is 0.301. The molecular weight excluding hydrogens is 212 g/mol. The van der Waals surface area contributed by atoms with E-state index in [2.05, 4.69) is 6.07 Å². The van der Waals surface area contributed by atoms with E-state index in [1.165, 1.54) is 0 Å². The smallest absolute Gasteiger partial charge is 0.119 e. The van der Waals surface area contributed by atoms with Crippen molar-refractivity contribution < 1.29 is 9.84 Å². The number of halogens is 1. The van der Waals surface area contributed by atoms with E-state index in [0.717, 1.165) is 16.9 Å². The molecule has 0 saturated carbocycles. The number of ether oxygens (including phenoxy) is 1. The second-order valence-electron chi connectivity index (χ2n) is 3.77. The summed E-state index contributed by atoms with van der Waals surface area (Å²) in [5.74, 6) is 1.26. The highest BCUT2D eigenvalue weighted by Crippen LogP contribution is 2.16. The summed E-state index contributed by atoms with van der Waals surface area (Å²) < 4.78 is 5.47. The number of aliphatic hydroxyl groups is 1. The molecule has 0 heterocycles. The average molecular weight is 229 g/mol. The highest BCUT2D eigenvalue weighted by Gasteiger charge is 2.04. The Morgan fingerprint density at radius 2 is 1.87 bits per heavy atom. The van der Waals surface area contributed by atoms with Crippen molar-refractivity contribution >= 4 is 11.6 Å². The molecule has 1 aromatic rings. The van der Waals surface area contributed by atoms with Crippen LogP contribution in [0.1, 0.15) is 17.5 Å². The van der Waals surface area contributed by atoms with Gasteiger partial charge in [0.2, 0.25) is 0 Å². The molecular formula is C12H17ClO2. The van der Waals surface area contributed by atoms with Gasteiger partial charge in [0.15, 0.2) is 0 Å². The predicted octanol–water partition coefficient (Wildman–Crippen LogP) is 2.67. The minimum Gasteiger partial charge on any atom is -0.491 e. The van der Waals surface area contributed by atoms with Crippen LogP contribution in [-0.2, 0) is 0 Å². The number of alkyl halides is 1. The number of hydrogen-bond donors (Lipinski definition) is 1. The van der Waals surface area contributed by atoms with Gasteiger partial charge in [-0.15, -0.1) is 11.6 Å². The Labute approximate surface area is 95.8 Å². The monoisotopic (exact) mass is 228 g/mol. The lowest BCUT2D eigenvalue weighted by Crippen LogP contribution is -2.17. The molecule has 0 aliphatic heterocycles. The van der Waals surface area contributed by atoms with Crippen LogP contribution in [0.4, 0.5) is 0 Å². The lowest BCUT2D eigenvalue weighted by atomic mass is 10.1. The maximum atomic E-state index is 9.44. The van der Waals surface area contributed by atoms with E-state index >= 15 is 0 Å². The molecule has 0 aliphatic rings. The average Bonchev–Trinajstić information content (AvgIpc) is 2.14. The van der Waals surface area contributed by atoms with Crippen LogP contribution in [0.15, 0.2) is 18.2 Å². The van der Waals surface area contributed by atoms with Crippen molar-refractivity contribution in [1.82, 2.24) is 0 Å². The van der Waals surface area contributed by atoms with Gasteiger partial charge in [-0.05, 0) is 43.5 Å². The van der Waals surface area contributed by atoms with Crippen LogP contribution in [0.2, 0.25) is 0 Å². The summed E-state index contributed by atoms with van der Waals surface area (Å²) in [5, 5.41) is 9.44. The van der Waals surface area contributed by atoms with E-state index in [1.54, 1.807) is 0 Å². The van der Waals surface area contributed by atoms with Crippen molar-refractivity contribution in [3.8, 4) is 5.75 Å². The molecule has 0 radical (unpaired) electrons. The van der Waals surface area contributed by atoms with E-state index < -0.39 is 6.10 Å². The normalized spacial score (nSPS) is 12.5. The number of aliphatic hydroxyl groups excluding tert-OH is 1. The molecule has 0 fully saturated rings. The fraction of sp³-hybridized carbons (Fsp3) is 0.500. The van der Waals surface area contributed by atoms with Crippen LogP contribution in [0.3, 0.4) is 0 Å². The first-order valence-electron chi connectivity index (χ1n) is 5.07. The largest absolute Gasteiger partial charge is 0.491 e. The van der Waals surface area contributed by atoms with Gasteiger partial charge in [0.25, 0.3) is 0 Å². The zero-order valence-corrected chi connectivity index (χ0v) is 9.92. The van der Waals surface area contributed by atoms with Crippen molar-refractivity contribution in [3.05, 3.63) is 29.3 Å². The van der Waals surface area contributed by atoms with Crippen molar-refractivity contribution in [2.75, 3.05) is 12.5 Å². The molecule has 0 amide bonds. The van der Waals surface area contributed by atoms with Gasteiger partial charge in [-0.3, -0.25) is 0 Å². The van der Waals surface area contributed by atoms with E-state index in [0.29, 0.717) is 18.9 Å². The third-order valence-corrected chi connectivity index (χ3v) is 2.30. The molecule has 1 atom stereocenters. The Morgan fingerprint density at radius 3 is 2.40 bits per heavy atom. The predicted molar refractivity (Wildman–Crippen MR) is 62.8 cm³/mol. The minimum atomic E-state index is -0.483. The van der Waals surface area contributed by atoms with E-state index in [4.69, 9.17) is 16.3 Å². The summed E-state index contributed by atoms with van der Waals surface area (Å²) >= 11 is 5.51. The quantitative estimate of drug-likeness (QED) is 0.786. The fourth-order valence-electron chi connectivity index (χ4n) is 1.42. The first kappa shape index (κ1) is 12.3. The van der Waals surface area contributed by atoms with Crippen molar-refractivity contribution in [3.63, 3.8) is 0 Å². The number of benzene rings is 1. The van der Waals surface area contributed by atoms with E-state index in [9.17, 15) is 5.11 Å². The van der Waals surface area contributed by atoms with Crippen molar-refractivity contribution in [2.45, 2.75) is 26.4 Å². The Balaban J connectivity index is 2.50. The van der Waals surface area contributed by atoms with Gasteiger partial charge in [0.05, 0.1) is 6.10 Å². The molecule has 2 nitrogen and oxygen atoms in total. The summed E-state index contributed by atoms with van der Waals surface area (Å²) in [6, 6.07) is 6.00. The van der Waals surface area contributed by atoms with Crippen LogP contribution >= 0.6 is 11.6 Å². The van der Waals surface area contributed by atoms with Gasteiger partial charge < -0.3 is 9.84 Å². The van der Waals surface area contributed by atoms with Gasteiger partial charge >= 0.3 is 0 Å². The topological polar surface area (TPSA) is 29.5 Å². The molecule has 0 saturated heterocycles. The molecule has 1 aromatic carbocycles. The van der Waals surface area contributed by atoms with Crippen molar-refractivity contribution in [2.24, 2.45) is 0 Å².